The molecule has 0 unspecified atom stereocenters. The van der Waals surface area contributed by atoms with Crippen molar-refractivity contribution in [1.82, 2.24) is 9.59 Å². The van der Waals surface area contributed by atoms with Crippen LogP contribution in [0.15, 0.2) is 11.6 Å². The number of unbranched alkanes of at least 4 members (excludes halogenated alkanes) is 15. The van der Waals surface area contributed by atoms with Crippen LogP contribution in [0, 0.1) is 0 Å². The van der Waals surface area contributed by atoms with Gasteiger partial charge in [-0.05, 0) is 24.5 Å². The van der Waals surface area contributed by atoms with Gasteiger partial charge in [0.2, 0.25) is 0 Å². The Morgan fingerprint density at radius 2 is 1.12 bits per heavy atom. The predicted molar refractivity (Wildman–Crippen MR) is 116 cm³/mol. The molecule has 0 spiro atoms. The molecule has 2 N–H and O–H groups in total. The number of carbonyl (C=O) groups excluding carboxylic acids is 1. The molecule has 0 saturated carbocycles. The molecule has 0 aliphatic carbocycles. The van der Waals surface area contributed by atoms with Gasteiger partial charge in [0.25, 0.3) is 0 Å². The van der Waals surface area contributed by atoms with Crippen molar-refractivity contribution in [2.75, 3.05) is 6.54 Å². The summed E-state index contributed by atoms with van der Waals surface area (Å²) in [6.45, 7) is 5.16. The van der Waals surface area contributed by atoms with Crippen LogP contribution in [0.2, 0.25) is 0 Å². The van der Waals surface area contributed by atoms with Crippen LogP contribution in [-0.2, 0) is 4.79 Å². The van der Waals surface area contributed by atoms with E-state index in [1.54, 1.807) is 6.20 Å². The molecule has 0 bridgehead atoms. The van der Waals surface area contributed by atoms with Gasteiger partial charge in [-0.2, -0.15) is 0 Å². The van der Waals surface area contributed by atoms with Crippen LogP contribution in [0.1, 0.15) is 110 Å². The highest BCUT2D eigenvalue weighted by atomic mass is 32.1. The Morgan fingerprint density at radius 3 is 1.35 bits per heavy atom. The summed E-state index contributed by atoms with van der Waals surface area (Å²) in [5.41, 5.74) is 5.48. The zero-order valence-electron chi connectivity index (χ0n) is 17.2. The molecule has 0 fully saturated rings. The molecule has 1 rings (SSSR count). The maximum atomic E-state index is 8.00. The molecule has 0 aromatic carbocycles. The zero-order valence-corrected chi connectivity index (χ0v) is 18.0. The molecule has 26 heavy (non-hydrogen) atoms. The van der Waals surface area contributed by atoms with E-state index in [2.05, 4.69) is 16.5 Å². The monoisotopic (exact) mass is 385 g/mol. The fraction of sp³-hybridized carbons (Fsp3) is 0.857. The standard InChI is InChI=1S/C18H39N.C2H2N2S.CH2O/c1-2-3-4-5-6-7-8-9-10-11-12-13-14-15-16-17-18-19;1-2-5-4-3-1;1-2/h2-19H2,1H3;1-2H;1H2. The molecule has 0 aliphatic heterocycles. The lowest BCUT2D eigenvalue weighted by atomic mass is 10.0. The van der Waals surface area contributed by atoms with Crippen LogP contribution >= 0.6 is 11.5 Å². The topological polar surface area (TPSA) is 68.9 Å². The van der Waals surface area contributed by atoms with Crippen molar-refractivity contribution in [2.24, 2.45) is 5.73 Å². The number of hydrogen-bond donors (Lipinski definition) is 1. The van der Waals surface area contributed by atoms with E-state index < -0.39 is 0 Å². The number of nitrogens with two attached hydrogens (primary N) is 1. The second-order valence-corrected chi connectivity index (χ2v) is 7.33. The molecule has 154 valence electrons. The maximum Gasteiger partial charge on any atom is 0.106 e. The SMILES string of the molecule is C=O.CCCCCCCCCCCCCCCCCCN.c1csnn1. The van der Waals surface area contributed by atoms with Gasteiger partial charge in [-0.25, -0.2) is 0 Å². The van der Waals surface area contributed by atoms with Crippen molar-refractivity contribution < 1.29 is 4.79 Å². The minimum atomic E-state index is 0.873. The fourth-order valence-electron chi connectivity index (χ4n) is 2.83. The van der Waals surface area contributed by atoms with Gasteiger partial charge in [0, 0.05) is 5.38 Å². The van der Waals surface area contributed by atoms with Crippen LogP contribution in [0.25, 0.3) is 0 Å². The quantitative estimate of drug-likeness (QED) is 0.327. The van der Waals surface area contributed by atoms with E-state index >= 15 is 0 Å². The van der Waals surface area contributed by atoms with E-state index in [1.807, 2.05) is 12.2 Å². The average molecular weight is 386 g/mol. The first-order valence-electron chi connectivity index (χ1n) is 10.6. The Morgan fingerprint density at radius 1 is 0.731 bits per heavy atom. The highest BCUT2D eigenvalue weighted by Crippen LogP contribution is 2.13. The Balaban J connectivity index is 0. The first kappa shape index (κ1) is 27.4. The minimum Gasteiger partial charge on any atom is -0.330 e. The highest BCUT2D eigenvalue weighted by molar-refractivity contribution is 7.03. The number of nitrogens with zero attached hydrogens (tertiary/aromatic N) is 2. The summed E-state index contributed by atoms with van der Waals surface area (Å²) in [6, 6.07) is 0. The first-order chi connectivity index (χ1) is 12.9. The fourth-order valence-corrected chi connectivity index (χ4v) is 3.10. The van der Waals surface area contributed by atoms with Gasteiger partial charge in [-0.15, -0.1) is 5.10 Å². The molecule has 0 aliphatic rings. The van der Waals surface area contributed by atoms with Crippen molar-refractivity contribution in [3.05, 3.63) is 11.6 Å². The predicted octanol–water partition coefficient (Wildman–Crippen LogP) is 6.56. The van der Waals surface area contributed by atoms with Crippen molar-refractivity contribution in [3.63, 3.8) is 0 Å². The molecule has 0 amide bonds. The number of aromatic nitrogens is 2. The second kappa shape index (κ2) is 29.0. The lowest BCUT2D eigenvalue weighted by Gasteiger charge is -2.03. The van der Waals surface area contributed by atoms with Crippen LogP contribution in [0.3, 0.4) is 0 Å². The highest BCUT2D eigenvalue weighted by Gasteiger charge is 1.94. The van der Waals surface area contributed by atoms with E-state index in [1.165, 1.54) is 114 Å². The molecule has 0 saturated heterocycles. The second-order valence-electron chi connectivity index (χ2n) is 6.68. The molecule has 0 radical (unpaired) electrons. The van der Waals surface area contributed by atoms with Gasteiger partial charge in [-0.1, -0.05) is 108 Å². The Hall–Kier alpha value is -0.810. The largest absolute Gasteiger partial charge is 0.330 e. The summed E-state index contributed by atoms with van der Waals surface area (Å²) < 4.78 is 3.51. The average Bonchev–Trinajstić information content (AvgIpc) is 3.27. The van der Waals surface area contributed by atoms with Gasteiger partial charge in [-0.3, -0.25) is 0 Å². The number of carbonyl (C=O) groups is 1. The van der Waals surface area contributed by atoms with Gasteiger partial charge in [0.05, 0.1) is 6.20 Å². The summed E-state index contributed by atoms with van der Waals surface area (Å²) >= 11 is 1.35. The third-order valence-electron chi connectivity index (χ3n) is 4.34. The number of hydrogen-bond acceptors (Lipinski definition) is 5. The van der Waals surface area contributed by atoms with Gasteiger partial charge < -0.3 is 10.5 Å². The van der Waals surface area contributed by atoms with E-state index in [9.17, 15) is 0 Å². The molecule has 4 nitrogen and oxygen atoms in total. The van der Waals surface area contributed by atoms with Crippen molar-refractivity contribution in [3.8, 4) is 0 Å². The summed E-state index contributed by atoms with van der Waals surface area (Å²) in [5.74, 6) is 0. The van der Waals surface area contributed by atoms with Crippen molar-refractivity contribution >= 4 is 18.3 Å². The molecule has 1 heterocycles. The van der Waals surface area contributed by atoms with E-state index in [0.29, 0.717) is 0 Å². The normalized spacial score (nSPS) is 9.77. The number of rotatable bonds is 16. The molecule has 1 aromatic heterocycles. The van der Waals surface area contributed by atoms with Crippen LogP contribution in [-0.4, -0.2) is 22.9 Å². The third-order valence-corrected chi connectivity index (χ3v) is 4.77. The summed E-state index contributed by atoms with van der Waals surface area (Å²) in [6.07, 6.45) is 24.5. The molecule has 0 atom stereocenters. The third kappa shape index (κ3) is 28.0. The van der Waals surface area contributed by atoms with E-state index in [-0.39, 0.29) is 0 Å². The Kier molecular flexibility index (Phi) is 30.5. The van der Waals surface area contributed by atoms with Crippen LogP contribution in [0.4, 0.5) is 0 Å². The van der Waals surface area contributed by atoms with E-state index in [0.717, 1.165) is 6.54 Å². The zero-order chi connectivity index (χ0) is 19.6. The van der Waals surface area contributed by atoms with E-state index in [4.69, 9.17) is 10.5 Å². The lowest BCUT2D eigenvalue weighted by molar-refractivity contribution is -0.0979. The summed E-state index contributed by atoms with van der Waals surface area (Å²) in [5, 5.41) is 5.31. The Labute approximate surface area is 166 Å². The lowest BCUT2D eigenvalue weighted by Crippen LogP contribution is -1.97. The molecule has 1 aromatic rings. The van der Waals surface area contributed by atoms with Crippen LogP contribution in [0.5, 0.6) is 0 Å². The molecule has 5 heteroatoms. The summed E-state index contributed by atoms with van der Waals surface area (Å²) in [7, 11) is 0. The van der Waals surface area contributed by atoms with Gasteiger partial charge >= 0.3 is 0 Å². The van der Waals surface area contributed by atoms with Crippen LogP contribution < -0.4 is 5.73 Å². The van der Waals surface area contributed by atoms with Crippen molar-refractivity contribution in [2.45, 2.75) is 110 Å². The maximum absolute atomic E-state index is 8.00. The molecular formula is C21H43N3OS. The Bertz CT molecular complexity index is 277. The minimum absolute atomic E-state index is 0.873. The summed E-state index contributed by atoms with van der Waals surface area (Å²) in [4.78, 5) is 8.00. The first-order valence-corrected chi connectivity index (χ1v) is 11.5. The molecular weight excluding hydrogens is 342 g/mol. The van der Waals surface area contributed by atoms with Gasteiger partial charge in [0.1, 0.15) is 6.79 Å². The van der Waals surface area contributed by atoms with Gasteiger partial charge in [0.15, 0.2) is 0 Å². The smallest absolute Gasteiger partial charge is 0.106 e. The van der Waals surface area contributed by atoms with Crippen molar-refractivity contribution in [1.29, 1.82) is 0 Å².